The molecule has 6 rings (SSSR count). The van der Waals surface area contributed by atoms with Crippen molar-refractivity contribution in [2.45, 2.75) is 11.6 Å². The third-order valence-corrected chi connectivity index (χ3v) is 6.97. The minimum absolute atomic E-state index is 0.0714. The number of thiazole rings is 1. The van der Waals surface area contributed by atoms with Crippen molar-refractivity contribution in [3.63, 3.8) is 0 Å². The van der Waals surface area contributed by atoms with Crippen molar-refractivity contribution < 1.29 is 4.79 Å². The summed E-state index contributed by atoms with van der Waals surface area (Å²) in [6.45, 7) is 0. The van der Waals surface area contributed by atoms with Gasteiger partial charge in [0, 0.05) is 28.7 Å². The summed E-state index contributed by atoms with van der Waals surface area (Å²) < 4.78 is 1.06. The van der Waals surface area contributed by atoms with Gasteiger partial charge in [0.15, 0.2) is 5.13 Å². The Balaban J connectivity index is 1.15. The van der Waals surface area contributed by atoms with E-state index in [0.29, 0.717) is 22.5 Å². The van der Waals surface area contributed by atoms with Crippen LogP contribution in [0.25, 0.3) is 43.5 Å². The van der Waals surface area contributed by atoms with Gasteiger partial charge in [-0.2, -0.15) is 0 Å². The molecule has 5 aromatic rings. The molecule has 8 heteroatoms. The molecule has 0 bridgehead atoms. The second-order valence-electron chi connectivity index (χ2n) is 7.13. The van der Waals surface area contributed by atoms with Gasteiger partial charge in [-0.25, -0.2) is 9.97 Å². The number of thioether (sulfide) groups is 1. The first kappa shape index (κ1) is 18.4. The number of amides is 1. The van der Waals surface area contributed by atoms with E-state index in [4.69, 9.17) is 4.98 Å². The number of hydrogen-bond donors (Lipinski definition) is 1. The van der Waals surface area contributed by atoms with Crippen LogP contribution in [0, 0.1) is 0 Å². The van der Waals surface area contributed by atoms with Gasteiger partial charge in [0.25, 0.3) is 0 Å². The number of hydrogen-bond acceptors (Lipinski definition) is 7. The van der Waals surface area contributed by atoms with Crippen LogP contribution in [0.1, 0.15) is 6.42 Å². The molecule has 1 amide bonds. The number of anilines is 1. The molecule has 31 heavy (non-hydrogen) atoms. The maximum atomic E-state index is 12.3. The molecule has 150 valence electrons. The SMILES string of the molecule is O=C(CCSc1nnc2c(n1)-c1cccc3cccc-2c13)Nc1nc2ccccc2s1. The summed E-state index contributed by atoms with van der Waals surface area (Å²) in [6.07, 6.45) is 0.344. The second-order valence-corrected chi connectivity index (χ2v) is 9.23. The Labute approximate surface area is 185 Å². The van der Waals surface area contributed by atoms with Gasteiger partial charge in [0.1, 0.15) is 11.4 Å². The van der Waals surface area contributed by atoms with Crippen molar-refractivity contribution in [1.82, 2.24) is 20.2 Å². The zero-order valence-electron chi connectivity index (χ0n) is 16.2. The van der Waals surface area contributed by atoms with Gasteiger partial charge in [-0.3, -0.25) is 4.79 Å². The molecule has 0 fully saturated rings. The Morgan fingerprint density at radius 2 is 1.71 bits per heavy atom. The monoisotopic (exact) mass is 441 g/mol. The van der Waals surface area contributed by atoms with Crippen molar-refractivity contribution in [2.75, 3.05) is 11.1 Å². The summed E-state index contributed by atoms with van der Waals surface area (Å²) in [6, 6.07) is 20.2. The van der Waals surface area contributed by atoms with Crippen LogP contribution in [0.15, 0.2) is 65.8 Å². The Morgan fingerprint density at radius 1 is 0.903 bits per heavy atom. The number of nitrogens with one attached hydrogen (secondary N) is 1. The number of carbonyl (C=O) groups is 1. The van der Waals surface area contributed by atoms with Crippen LogP contribution in [-0.4, -0.2) is 31.8 Å². The number of rotatable bonds is 5. The fourth-order valence-electron chi connectivity index (χ4n) is 3.82. The van der Waals surface area contributed by atoms with E-state index >= 15 is 0 Å². The fourth-order valence-corrected chi connectivity index (χ4v) is 5.43. The normalized spacial score (nSPS) is 11.7. The first-order valence-corrected chi connectivity index (χ1v) is 11.6. The van der Waals surface area contributed by atoms with E-state index in [9.17, 15) is 4.79 Å². The molecule has 1 aliphatic rings. The van der Waals surface area contributed by atoms with Gasteiger partial charge < -0.3 is 5.32 Å². The summed E-state index contributed by atoms with van der Waals surface area (Å²) in [4.78, 5) is 21.5. The molecule has 0 unspecified atom stereocenters. The van der Waals surface area contributed by atoms with Crippen molar-refractivity contribution in [1.29, 1.82) is 0 Å². The summed E-state index contributed by atoms with van der Waals surface area (Å²) in [7, 11) is 0. The van der Waals surface area contributed by atoms with E-state index in [-0.39, 0.29) is 5.91 Å². The van der Waals surface area contributed by atoms with Crippen LogP contribution >= 0.6 is 23.1 Å². The number of aromatic nitrogens is 4. The smallest absolute Gasteiger partial charge is 0.226 e. The summed E-state index contributed by atoms with van der Waals surface area (Å²) in [5.74, 6) is 0.492. The maximum absolute atomic E-state index is 12.3. The van der Waals surface area contributed by atoms with Crippen LogP contribution in [0.3, 0.4) is 0 Å². The lowest BCUT2D eigenvalue weighted by Crippen LogP contribution is -2.12. The van der Waals surface area contributed by atoms with Gasteiger partial charge in [-0.05, 0) is 17.5 Å². The van der Waals surface area contributed by atoms with Crippen LogP contribution < -0.4 is 5.32 Å². The lowest BCUT2D eigenvalue weighted by molar-refractivity contribution is -0.115. The number of carbonyl (C=O) groups excluding carboxylic acids is 1. The number of fused-ring (bicyclic) bond motifs is 4. The van der Waals surface area contributed by atoms with Gasteiger partial charge in [-0.1, -0.05) is 71.6 Å². The van der Waals surface area contributed by atoms with Gasteiger partial charge in [0.05, 0.1) is 10.2 Å². The molecular formula is C23H15N5OS2. The van der Waals surface area contributed by atoms with Crippen molar-refractivity contribution in [3.8, 4) is 22.5 Å². The molecule has 2 heterocycles. The molecule has 0 saturated heterocycles. The lowest BCUT2D eigenvalue weighted by Gasteiger charge is -2.03. The third kappa shape index (κ3) is 3.24. The highest BCUT2D eigenvalue weighted by Crippen LogP contribution is 2.44. The second kappa shape index (κ2) is 7.40. The molecular weight excluding hydrogens is 426 g/mol. The van der Waals surface area contributed by atoms with Crippen molar-refractivity contribution in [3.05, 3.63) is 60.7 Å². The Morgan fingerprint density at radius 3 is 2.55 bits per heavy atom. The van der Waals surface area contributed by atoms with E-state index < -0.39 is 0 Å². The average molecular weight is 442 g/mol. The largest absolute Gasteiger partial charge is 0.302 e. The van der Waals surface area contributed by atoms with Gasteiger partial charge >= 0.3 is 0 Å². The molecule has 1 aliphatic carbocycles. The Bertz CT molecular complexity index is 1440. The highest BCUT2D eigenvalue weighted by molar-refractivity contribution is 7.99. The summed E-state index contributed by atoms with van der Waals surface area (Å²) >= 11 is 2.91. The minimum atomic E-state index is -0.0714. The maximum Gasteiger partial charge on any atom is 0.226 e. The standard InChI is InChI=1S/C23H15N5OS2/c29-18(25-22-24-16-9-1-2-10-17(16)31-22)11-12-30-23-26-20-14-7-3-5-13-6-4-8-15(19(13)14)21(20)27-28-23/h1-10H,11-12H2,(H,24,25,29). The van der Waals surface area contributed by atoms with E-state index in [1.807, 2.05) is 36.4 Å². The van der Waals surface area contributed by atoms with Crippen LogP contribution in [0.2, 0.25) is 0 Å². The number of nitrogens with zero attached hydrogens (tertiary/aromatic N) is 4. The molecule has 0 spiro atoms. The lowest BCUT2D eigenvalue weighted by atomic mass is 10.0. The highest BCUT2D eigenvalue weighted by atomic mass is 32.2. The third-order valence-electron chi connectivity index (χ3n) is 5.18. The molecule has 0 radical (unpaired) electrons. The van der Waals surface area contributed by atoms with Gasteiger partial charge in [0.2, 0.25) is 11.1 Å². The molecule has 1 N–H and O–H groups in total. The number of para-hydroxylation sites is 1. The Hall–Kier alpha value is -3.36. The molecule has 0 atom stereocenters. The summed E-state index contributed by atoms with van der Waals surface area (Å²) in [5.41, 5.74) is 4.75. The molecule has 6 nitrogen and oxygen atoms in total. The predicted octanol–water partition coefficient (Wildman–Crippen LogP) is 5.40. The van der Waals surface area contributed by atoms with E-state index in [0.717, 1.165) is 32.7 Å². The fraction of sp³-hybridized carbons (Fsp3) is 0.0870. The number of benzene rings is 3. The van der Waals surface area contributed by atoms with E-state index in [1.54, 1.807) is 0 Å². The Kier molecular flexibility index (Phi) is 4.40. The quantitative estimate of drug-likeness (QED) is 0.361. The predicted molar refractivity (Wildman–Crippen MR) is 125 cm³/mol. The minimum Gasteiger partial charge on any atom is -0.302 e. The topological polar surface area (TPSA) is 80.7 Å². The van der Waals surface area contributed by atoms with E-state index in [1.165, 1.54) is 33.9 Å². The molecule has 3 aromatic carbocycles. The molecule has 2 aromatic heterocycles. The van der Waals surface area contributed by atoms with Crippen molar-refractivity contribution in [2.24, 2.45) is 0 Å². The van der Waals surface area contributed by atoms with Crippen LogP contribution in [0.5, 0.6) is 0 Å². The first-order chi connectivity index (χ1) is 15.3. The average Bonchev–Trinajstić information content (AvgIpc) is 3.34. The zero-order valence-corrected chi connectivity index (χ0v) is 17.8. The highest BCUT2D eigenvalue weighted by Gasteiger charge is 2.24. The van der Waals surface area contributed by atoms with Crippen LogP contribution in [0.4, 0.5) is 5.13 Å². The summed E-state index contributed by atoms with van der Waals surface area (Å²) in [5, 5.41) is 15.2. The van der Waals surface area contributed by atoms with Gasteiger partial charge in [-0.15, -0.1) is 10.2 Å². The zero-order chi connectivity index (χ0) is 20.8. The van der Waals surface area contributed by atoms with Crippen molar-refractivity contribution >= 4 is 55.1 Å². The first-order valence-electron chi connectivity index (χ1n) is 9.82. The molecule has 0 saturated carbocycles. The van der Waals surface area contributed by atoms with Crippen LogP contribution in [-0.2, 0) is 4.79 Å². The molecule has 0 aliphatic heterocycles. The van der Waals surface area contributed by atoms with E-state index in [2.05, 4.69) is 44.8 Å².